The molecule has 0 N–H and O–H groups in total. The van der Waals surface area contributed by atoms with Gasteiger partial charge >= 0.3 is 0 Å². The van der Waals surface area contributed by atoms with Gasteiger partial charge < -0.3 is 18.8 Å². The first-order valence-corrected chi connectivity index (χ1v) is 12.6. The molecular weight excluding hydrogens is 456 g/mol. The summed E-state index contributed by atoms with van der Waals surface area (Å²) in [6, 6.07) is 14.5. The van der Waals surface area contributed by atoms with Crippen LogP contribution in [-0.4, -0.2) is 50.2 Å². The van der Waals surface area contributed by atoms with Gasteiger partial charge in [0.15, 0.2) is 5.79 Å². The Labute approximate surface area is 200 Å². The quantitative estimate of drug-likeness (QED) is 0.382. The largest absolute Gasteiger partial charge is 0.497 e. The van der Waals surface area contributed by atoms with E-state index in [9.17, 15) is 8.42 Å². The van der Waals surface area contributed by atoms with Crippen LogP contribution in [0.5, 0.6) is 5.75 Å². The monoisotopic (exact) mass is 486 g/mol. The van der Waals surface area contributed by atoms with E-state index in [0.29, 0.717) is 13.0 Å². The van der Waals surface area contributed by atoms with Gasteiger partial charge in [0.2, 0.25) is 0 Å². The van der Waals surface area contributed by atoms with E-state index >= 15 is 0 Å². The van der Waals surface area contributed by atoms with Gasteiger partial charge in [-0.15, -0.1) is 0 Å². The van der Waals surface area contributed by atoms with Crippen molar-refractivity contribution in [3.63, 3.8) is 0 Å². The summed E-state index contributed by atoms with van der Waals surface area (Å²) in [5, 5.41) is 0. The molecule has 1 fully saturated rings. The number of methoxy groups -OCH3 is 1. The lowest BCUT2D eigenvalue weighted by molar-refractivity contribution is -0.185. The molecule has 0 spiro atoms. The Hall–Kier alpha value is -2.72. The van der Waals surface area contributed by atoms with Crippen molar-refractivity contribution in [2.75, 3.05) is 20.3 Å². The van der Waals surface area contributed by atoms with Gasteiger partial charge in [0.25, 0.3) is 10.1 Å². The molecule has 34 heavy (non-hydrogen) atoms. The lowest BCUT2D eigenvalue weighted by Crippen LogP contribution is -2.37. The highest BCUT2D eigenvalue weighted by Gasteiger charge is 2.42. The maximum atomic E-state index is 12.6. The summed E-state index contributed by atoms with van der Waals surface area (Å²) < 4.78 is 49.9. The lowest BCUT2D eigenvalue weighted by atomic mass is 10.0. The number of benzene rings is 2. The molecule has 4 rings (SSSR count). The summed E-state index contributed by atoms with van der Waals surface area (Å²) in [4.78, 5) is 4.23. The lowest BCUT2D eigenvalue weighted by Gasteiger charge is -2.28. The van der Waals surface area contributed by atoms with Gasteiger partial charge in [-0.2, -0.15) is 8.42 Å². The summed E-state index contributed by atoms with van der Waals surface area (Å²) in [6.45, 7) is 2.49. The zero-order valence-corrected chi connectivity index (χ0v) is 20.2. The van der Waals surface area contributed by atoms with Gasteiger partial charge in [0.1, 0.15) is 11.9 Å². The Morgan fingerprint density at radius 1 is 1.15 bits per heavy atom. The molecule has 3 aromatic rings. The average Bonchev–Trinajstić information content (AvgIpc) is 3.49. The molecule has 0 amide bonds. The molecule has 1 aromatic heterocycles. The SMILES string of the molecule is COc1ccc(CCC[C@]2(Cn3ccnc3)OC[C@H](COS(=O)(=O)c3ccc(C)cc3)O2)cc1. The molecule has 1 aliphatic heterocycles. The summed E-state index contributed by atoms with van der Waals surface area (Å²) in [5.74, 6) is -0.0549. The van der Waals surface area contributed by atoms with Crippen LogP contribution in [0.25, 0.3) is 0 Å². The van der Waals surface area contributed by atoms with Crippen molar-refractivity contribution in [2.24, 2.45) is 0 Å². The summed E-state index contributed by atoms with van der Waals surface area (Å²) >= 11 is 0. The van der Waals surface area contributed by atoms with Crippen molar-refractivity contribution in [3.05, 3.63) is 78.4 Å². The van der Waals surface area contributed by atoms with Crippen LogP contribution in [0.15, 0.2) is 72.1 Å². The first-order chi connectivity index (χ1) is 16.4. The van der Waals surface area contributed by atoms with E-state index in [-0.39, 0.29) is 18.1 Å². The molecule has 0 bridgehead atoms. The normalized spacial score (nSPS) is 20.5. The van der Waals surface area contributed by atoms with Crippen molar-refractivity contribution in [1.82, 2.24) is 9.55 Å². The van der Waals surface area contributed by atoms with E-state index < -0.39 is 22.0 Å². The Bertz CT molecular complexity index is 1150. The zero-order chi connectivity index (χ0) is 24.0. The van der Waals surface area contributed by atoms with Crippen LogP contribution < -0.4 is 4.74 Å². The molecular formula is C25H30N2O6S. The molecule has 0 saturated carbocycles. The Morgan fingerprint density at radius 3 is 2.59 bits per heavy atom. The second-order valence-electron chi connectivity index (χ2n) is 8.45. The Kier molecular flexibility index (Phi) is 7.67. The van der Waals surface area contributed by atoms with Crippen LogP contribution >= 0.6 is 0 Å². The molecule has 8 nitrogen and oxygen atoms in total. The third kappa shape index (κ3) is 6.24. The van der Waals surface area contributed by atoms with Crippen LogP contribution in [0.4, 0.5) is 0 Å². The van der Waals surface area contributed by atoms with E-state index in [1.165, 1.54) is 5.56 Å². The molecule has 2 aromatic carbocycles. The van der Waals surface area contributed by atoms with Gasteiger partial charge in [0.05, 0.1) is 38.1 Å². The maximum absolute atomic E-state index is 12.6. The van der Waals surface area contributed by atoms with E-state index in [2.05, 4.69) is 4.98 Å². The first-order valence-electron chi connectivity index (χ1n) is 11.2. The van der Waals surface area contributed by atoms with E-state index in [4.69, 9.17) is 18.4 Å². The van der Waals surface area contributed by atoms with Gasteiger partial charge in [-0.05, 0) is 49.6 Å². The minimum atomic E-state index is -3.87. The number of imidazole rings is 1. The van der Waals surface area contributed by atoms with Crippen LogP contribution in [0.3, 0.4) is 0 Å². The highest BCUT2D eigenvalue weighted by molar-refractivity contribution is 7.86. The van der Waals surface area contributed by atoms with Gasteiger partial charge in [-0.25, -0.2) is 4.98 Å². The zero-order valence-electron chi connectivity index (χ0n) is 19.4. The van der Waals surface area contributed by atoms with Crippen molar-refractivity contribution >= 4 is 10.1 Å². The van der Waals surface area contributed by atoms with Crippen molar-refractivity contribution in [2.45, 2.75) is 49.5 Å². The standard InChI is InChI=1S/C25H30N2O6S/c1-20-5-11-24(12-6-20)34(28,29)32-17-23-16-31-25(33-23,18-27-15-14-26-19-27)13-3-4-21-7-9-22(30-2)10-8-21/h5-12,14-15,19,23H,3-4,13,16-18H2,1-2H3/t23-,25+/m1/s1. The minimum absolute atomic E-state index is 0.111. The summed E-state index contributed by atoms with van der Waals surface area (Å²) in [7, 11) is -2.22. The first kappa shape index (κ1) is 24.4. The maximum Gasteiger partial charge on any atom is 0.297 e. The molecule has 182 valence electrons. The molecule has 1 saturated heterocycles. The highest BCUT2D eigenvalue weighted by atomic mass is 32.2. The van der Waals surface area contributed by atoms with E-state index in [0.717, 1.165) is 24.2 Å². The molecule has 1 aliphatic rings. The van der Waals surface area contributed by atoms with Gasteiger partial charge in [-0.1, -0.05) is 29.8 Å². The van der Waals surface area contributed by atoms with Crippen LogP contribution in [0.2, 0.25) is 0 Å². The molecule has 2 atom stereocenters. The van der Waals surface area contributed by atoms with E-state index in [1.54, 1.807) is 43.9 Å². The van der Waals surface area contributed by atoms with Crippen molar-refractivity contribution in [1.29, 1.82) is 0 Å². The van der Waals surface area contributed by atoms with Gasteiger partial charge in [-0.3, -0.25) is 4.18 Å². The molecule has 9 heteroatoms. The van der Waals surface area contributed by atoms with Crippen LogP contribution in [-0.2, 0) is 36.7 Å². The minimum Gasteiger partial charge on any atom is -0.497 e. The summed E-state index contributed by atoms with van der Waals surface area (Å²) in [6.07, 6.45) is 7.09. The molecule has 0 radical (unpaired) electrons. The van der Waals surface area contributed by atoms with E-state index in [1.807, 2.05) is 42.0 Å². The number of nitrogens with zero attached hydrogens (tertiary/aromatic N) is 2. The number of hydrogen-bond acceptors (Lipinski definition) is 7. The summed E-state index contributed by atoms with van der Waals surface area (Å²) in [5.41, 5.74) is 2.17. The van der Waals surface area contributed by atoms with Crippen LogP contribution in [0.1, 0.15) is 24.0 Å². The van der Waals surface area contributed by atoms with Crippen LogP contribution in [0, 0.1) is 6.92 Å². The predicted octanol–water partition coefficient (Wildman–Crippen LogP) is 3.74. The number of hydrogen-bond donors (Lipinski definition) is 0. The second-order valence-corrected chi connectivity index (χ2v) is 10.1. The third-order valence-corrected chi connectivity index (χ3v) is 7.09. The predicted molar refractivity (Wildman–Crippen MR) is 126 cm³/mol. The number of aryl methyl sites for hydroxylation is 2. The fourth-order valence-corrected chi connectivity index (χ4v) is 4.88. The Balaban J connectivity index is 1.37. The van der Waals surface area contributed by atoms with Gasteiger partial charge in [0, 0.05) is 18.8 Å². The number of rotatable bonds is 11. The smallest absolute Gasteiger partial charge is 0.297 e. The third-order valence-electron chi connectivity index (χ3n) is 5.80. The second kappa shape index (κ2) is 10.7. The Morgan fingerprint density at radius 2 is 1.91 bits per heavy atom. The number of aromatic nitrogens is 2. The van der Waals surface area contributed by atoms with Crippen molar-refractivity contribution < 1.29 is 26.8 Å². The highest BCUT2D eigenvalue weighted by Crippen LogP contribution is 2.32. The topological polar surface area (TPSA) is 88.9 Å². The molecule has 0 unspecified atom stereocenters. The van der Waals surface area contributed by atoms with Crippen molar-refractivity contribution in [3.8, 4) is 5.75 Å². The fraction of sp³-hybridized carbons (Fsp3) is 0.400. The number of ether oxygens (including phenoxy) is 3. The molecule has 0 aliphatic carbocycles. The fourth-order valence-electron chi connectivity index (χ4n) is 3.94. The average molecular weight is 487 g/mol. The molecule has 2 heterocycles.